The van der Waals surface area contributed by atoms with Gasteiger partial charge in [-0.25, -0.2) is 4.79 Å². The molecule has 2 bridgehead atoms. The Morgan fingerprint density at radius 1 is 0.919 bits per heavy atom. The van der Waals surface area contributed by atoms with Crippen LogP contribution in [0, 0.1) is 20.8 Å². The lowest BCUT2D eigenvalue weighted by atomic mass is 9.96. The van der Waals surface area contributed by atoms with Crippen LogP contribution in [0.5, 0.6) is 0 Å². The summed E-state index contributed by atoms with van der Waals surface area (Å²) in [4.78, 5) is 18.0. The van der Waals surface area contributed by atoms with Gasteiger partial charge in [0.05, 0.1) is 24.3 Å². The highest BCUT2D eigenvalue weighted by Gasteiger charge is 2.51. The number of rotatable bonds is 5. The van der Waals surface area contributed by atoms with Gasteiger partial charge in [0.2, 0.25) is 0 Å². The summed E-state index contributed by atoms with van der Waals surface area (Å²) >= 11 is 0. The summed E-state index contributed by atoms with van der Waals surface area (Å²) in [6.45, 7) is 9.06. The van der Waals surface area contributed by atoms with E-state index >= 15 is 0 Å². The summed E-state index contributed by atoms with van der Waals surface area (Å²) in [6.07, 6.45) is 1.29. The molecule has 0 N–H and O–H groups in total. The van der Waals surface area contributed by atoms with Crippen LogP contribution in [0.2, 0.25) is 0 Å². The average Bonchev–Trinajstić information content (AvgIpc) is 3.07. The minimum Gasteiger partial charge on any atom is -0.464 e. The maximum absolute atomic E-state index is 13.8. The van der Waals surface area contributed by atoms with Crippen LogP contribution in [0.1, 0.15) is 34.7 Å². The Hall–Kier alpha value is -3.65. The second kappa shape index (κ2) is 9.34. The van der Waals surface area contributed by atoms with Crippen LogP contribution < -0.4 is 9.80 Å². The number of aryl methyl sites for hydroxylation is 3. The molecule has 2 heterocycles. The first-order chi connectivity index (χ1) is 17.6. The minimum atomic E-state index is -4.05. The van der Waals surface area contributed by atoms with E-state index in [0.29, 0.717) is 13.1 Å². The van der Waals surface area contributed by atoms with Crippen molar-refractivity contribution in [1.82, 2.24) is 0 Å². The standard InChI is InChI=1S/C29H31N3O4S/c1-5-36-28(33)29(18-30-37(34,35)25-10-6-20(2)7-11-25)19-31-16-23-14-22(4)9-13-27(23)32(29)17-24-15-21(3)8-12-26(24)31/h6-15,18H,5,16-17,19H2,1-4H3/b30-18+. The monoisotopic (exact) mass is 517 g/mol. The smallest absolute Gasteiger partial charge is 0.339 e. The molecule has 0 aliphatic carbocycles. The van der Waals surface area contributed by atoms with E-state index in [1.807, 2.05) is 37.8 Å². The van der Waals surface area contributed by atoms with Crippen molar-refractivity contribution in [3.05, 3.63) is 88.5 Å². The zero-order chi connectivity index (χ0) is 26.4. The quantitative estimate of drug-likeness (QED) is 0.360. The Labute approximate surface area is 218 Å². The van der Waals surface area contributed by atoms with Crippen molar-refractivity contribution >= 4 is 33.6 Å². The molecule has 2 aliphatic heterocycles. The molecule has 0 spiro atoms. The molecule has 0 radical (unpaired) electrons. The Kier molecular flexibility index (Phi) is 6.31. The lowest BCUT2D eigenvalue weighted by molar-refractivity contribution is -0.146. The highest BCUT2D eigenvalue weighted by molar-refractivity contribution is 7.90. The average molecular weight is 518 g/mol. The Balaban J connectivity index is 1.72. The van der Waals surface area contributed by atoms with Crippen LogP contribution in [0.15, 0.2) is 70.0 Å². The minimum absolute atomic E-state index is 0.0789. The number of benzene rings is 3. The van der Waals surface area contributed by atoms with E-state index in [-0.39, 0.29) is 18.0 Å². The predicted octanol–water partition coefficient (Wildman–Crippen LogP) is 4.71. The molecule has 0 fully saturated rings. The van der Waals surface area contributed by atoms with Crippen LogP contribution in [0.3, 0.4) is 0 Å². The molecule has 0 aromatic heterocycles. The van der Waals surface area contributed by atoms with Crippen molar-refractivity contribution in [2.24, 2.45) is 4.40 Å². The molecule has 1 unspecified atom stereocenters. The fraction of sp³-hybridized carbons (Fsp3) is 0.310. The highest BCUT2D eigenvalue weighted by Crippen LogP contribution is 2.42. The van der Waals surface area contributed by atoms with Gasteiger partial charge in [-0.3, -0.25) is 0 Å². The number of carbonyl (C=O) groups excluding carboxylic acids is 1. The van der Waals surface area contributed by atoms with Gasteiger partial charge in [0.1, 0.15) is 0 Å². The third-order valence-electron chi connectivity index (χ3n) is 7.06. The van der Waals surface area contributed by atoms with E-state index in [4.69, 9.17) is 4.74 Å². The van der Waals surface area contributed by atoms with Crippen molar-refractivity contribution in [3.8, 4) is 0 Å². The van der Waals surface area contributed by atoms with Crippen LogP contribution in [-0.4, -0.2) is 39.3 Å². The van der Waals surface area contributed by atoms with E-state index in [1.54, 1.807) is 19.1 Å². The van der Waals surface area contributed by atoms with E-state index in [9.17, 15) is 13.2 Å². The predicted molar refractivity (Wildman–Crippen MR) is 146 cm³/mol. The number of anilines is 2. The van der Waals surface area contributed by atoms with Crippen molar-refractivity contribution in [2.75, 3.05) is 23.0 Å². The zero-order valence-electron chi connectivity index (χ0n) is 21.6. The number of esters is 1. The maximum atomic E-state index is 13.8. The third-order valence-corrected chi connectivity index (χ3v) is 8.31. The van der Waals surface area contributed by atoms with Crippen LogP contribution in [0.4, 0.5) is 11.4 Å². The normalized spacial score (nSPS) is 18.8. The summed E-state index contributed by atoms with van der Waals surface area (Å²) < 4.78 is 36.2. The van der Waals surface area contributed by atoms with Gasteiger partial charge < -0.3 is 14.5 Å². The number of nitrogens with zero attached hydrogens (tertiary/aromatic N) is 3. The van der Waals surface area contributed by atoms with Crippen molar-refractivity contribution in [2.45, 2.75) is 51.2 Å². The number of hydrogen-bond donors (Lipinski definition) is 0. The van der Waals surface area contributed by atoms with E-state index < -0.39 is 21.5 Å². The summed E-state index contributed by atoms with van der Waals surface area (Å²) in [6, 6.07) is 18.9. The highest BCUT2D eigenvalue weighted by atomic mass is 32.2. The zero-order valence-corrected chi connectivity index (χ0v) is 22.4. The number of ether oxygens (including phenoxy) is 1. The van der Waals surface area contributed by atoms with E-state index in [2.05, 4.69) is 33.6 Å². The number of hydrogen-bond acceptors (Lipinski definition) is 6. The molecule has 5 rings (SSSR count). The molecule has 0 saturated carbocycles. The molecular weight excluding hydrogens is 486 g/mol. The molecular formula is C29H31N3O4S. The molecule has 1 atom stereocenters. The van der Waals surface area contributed by atoms with Gasteiger partial charge in [0.15, 0.2) is 5.54 Å². The lowest BCUT2D eigenvalue weighted by Gasteiger charge is -2.39. The fourth-order valence-electron chi connectivity index (χ4n) is 5.20. The van der Waals surface area contributed by atoms with Gasteiger partial charge in [0, 0.05) is 24.5 Å². The molecule has 0 amide bonds. The SMILES string of the molecule is CCOC(=O)C1(/C=N/S(=O)(=O)c2ccc(C)cc2)CN2Cc3cc(C)ccc3N1Cc1cc(C)ccc12. The summed E-state index contributed by atoms with van der Waals surface area (Å²) in [7, 11) is -4.05. The van der Waals surface area contributed by atoms with Crippen LogP contribution in [0.25, 0.3) is 0 Å². The van der Waals surface area contributed by atoms with Crippen LogP contribution in [-0.2, 0) is 32.6 Å². The van der Waals surface area contributed by atoms with Gasteiger partial charge in [-0.1, -0.05) is 53.1 Å². The Morgan fingerprint density at radius 2 is 1.51 bits per heavy atom. The molecule has 2 aliphatic rings. The third kappa shape index (κ3) is 4.50. The summed E-state index contributed by atoms with van der Waals surface area (Å²) in [5.41, 5.74) is 5.73. The molecule has 3 aromatic rings. The molecule has 192 valence electrons. The van der Waals surface area contributed by atoms with Crippen molar-refractivity contribution < 1.29 is 17.9 Å². The first kappa shape index (κ1) is 25.0. The topological polar surface area (TPSA) is 79.3 Å². The van der Waals surface area contributed by atoms with Gasteiger partial charge in [-0.2, -0.15) is 12.8 Å². The maximum Gasteiger partial charge on any atom is 0.339 e. The largest absolute Gasteiger partial charge is 0.464 e. The van der Waals surface area contributed by atoms with Gasteiger partial charge in [-0.05, 0) is 63.1 Å². The summed E-state index contributed by atoms with van der Waals surface area (Å²) in [5, 5.41) is 0. The van der Waals surface area contributed by atoms with Crippen LogP contribution >= 0.6 is 0 Å². The van der Waals surface area contributed by atoms with E-state index in [1.165, 1.54) is 18.3 Å². The second-order valence-corrected chi connectivity index (χ2v) is 11.5. The molecule has 37 heavy (non-hydrogen) atoms. The van der Waals surface area contributed by atoms with Gasteiger partial charge in [0.25, 0.3) is 10.0 Å². The fourth-order valence-corrected chi connectivity index (χ4v) is 6.11. The Bertz CT molecular complexity index is 1500. The molecule has 0 saturated heterocycles. The van der Waals surface area contributed by atoms with Gasteiger partial charge in [-0.15, -0.1) is 0 Å². The number of carbonyl (C=O) groups is 1. The molecule has 3 aromatic carbocycles. The second-order valence-electron chi connectivity index (χ2n) is 9.87. The first-order valence-corrected chi connectivity index (χ1v) is 13.8. The van der Waals surface area contributed by atoms with Gasteiger partial charge >= 0.3 is 5.97 Å². The molecule has 8 heteroatoms. The Morgan fingerprint density at radius 3 is 2.16 bits per heavy atom. The van der Waals surface area contributed by atoms with Crippen molar-refractivity contribution in [1.29, 1.82) is 0 Å². The number of fused-ring (bicyclic) bond motifs is 7. The van der Waals surface area contributed by atoms with Crippen molar-refractivity contribution in [3.63, 3.8) is 0 Å². The molecule has 7 nitrogen and oxygen atoms in total. The number of sulfonamides is 1. The first-order valence-electron chi connectivity index (χ1n) is 12.4. The summed E-state index contributed by atoms with van der Waals surface area (Å²) in [5.74, 6) is -0.527. The van der Waals surface area contributed by atoms with E-state index in [0.717, 1.165) is 39.2 Å². The lowest BCUT2D eigenvalue weighted by Crippen LogP contribution is -2.61.